The Morgan fingerprint density at radius 1 is 0.919 bits per heavy atom. The number of rotatable bonds is 5. The van der Waals surface area contributed by atoms with Gasteiger partial charge in [-0.05, 0) is 29.0 Å². The first kappa shape index (κ1) is 24.7. The Bertz CT molecular complexity index is 1740. The highest BCUT2D eigenvalue weighted by molar-refractivity contribution is 7.97. The molecule has 0 spiro atoms. The summed E-state index contributed by atoms with van der Waals surface area (Å²) in [5.74, 6) is 0.874. The Hall–Kier alpha value is -3.99. The lowest BCUT2D eigenvalue weighted by molar-refractivity contribution is -0.212. The zero-order valence-electron chi connectivity index (χ0n) is 20.1. The SMILES string of the molecule is CSCc1ccc(-c2cn(C)c(=O)cc2-c2cn(C)c(=O)c3[nH]c(-c4cnn(C(F)(F)F)c4)cc23)cc1. The van der Waals surface area contributed by atoms with E-state index in [2.05, 4.69) is 10.1 Å². The van der Waals surface area contributed by atoms with Crippen molar-refractivity contribution in [3.8, 4) is 33.5 Å². The van der Waals surface area contributed by atoms with Gasteiger partial charge in [0.1, 0.15) is 5.52 Å². The van der Waals surface area contributed by atoms with Gasteiger partial charge in [-0.15, -0.1) is 13.2 Å². The summed E-state index contributed by atoms with van der Waals surface area (Å²) in [7, 11) is 3.26. The lowest BCUT2D eigenvalue weighted by atomic mass is 9.95. The molecule has 0 aliphatic rings. The molecule has 1 aromatic carbocycles. The number of aromatic nitrogens is 5. The Kier molecular flexibility index (Phi) is 6.10. The fourth-order valence-corrected chi connectivity index (χ4v) is 4.86. The molecule has 0 saturated carbocycles. The number of aryl methyl sites for hydroxylation is 2. The molecule has 0 radical (unpaired) electrons. The minimum absolute atomic E-state index is 0.0907. The highest BCUT2D eigenvalue weighted by Gasteiger charge is 2.32. The average molecular weight is 526 g/mol. The first-order chi connectivity index (χ1) is 17.6. The molecule has 0 saturated heterocycles. The minimum atomic E-state index is -4.66. The van der Waals surface area contributed by atoms with Crippen molar-refractivity contribution in [3.63, 3.8) is 0 Å². The van der Waals surface area contributed by atoms with Crippen LogP contribution in [-0.4, -0.2) is 30.2 Å². The molecule has 0 amide bonds. The number of aromatic amines is 1. The van der Waals surface area contributed by atoms with E-state index in [0.29, 0.717) is 22.2 Å². The molecule has 0 unspecified atom stereocenters. The van der Waals surface area contributed by atoms with Crippen molar-refractivity contribution in [1.29, 1.82) is 0 Å². The van der Waals surface area contributed by atoms with Crippen LogP contribution < -0.4 is 11.1 Å². The Labute approximate surface area is 213 Å². The highest BCUT2D eigenvalue weighted by atomic mass is 32.2. The lowest BCUT2D eigenvalue weighted by Crippen LogP contribution is -2.18. The fraction of sp³-hybridized carbons (Fsp3) is 0.192. The summed E-state index contributed by atoms with van der Waals surface area (Å²) in [4.78, 5) is 28.6. The van der Waals surface area contributed by atoms with Gasteiger partial charge >= 0.3 is 6.30 Å². The van der Waals surface area contributed by atoms with Crippen LogP contribution in [0.5, 0.6) is 0 Å². The van der Waals surface area contributed by atoms with Gasteiger partial charge in [0.15, 0.2) is 0 Å². The molecule has 4 heterocycles. The molecule has 0 aliphatic heterocycles. The maximum absolute atomic E-state index is 13.1. The summed E-state index contributed by atoms with van der Waals surface area (Å²) in [5.41, 5.74) is 4.17. The zero-order chi connectivity index (χ0) is 26.5. The first-order valence-corrected chi connectivity index (χ1v) is 12.6. The third-order valence-electron chi connectivity index (χ3n) is 6.21. The third-order valence-corrected chi connectivity index (χ3v) is 6.83. The van der Waals surface area contributed by atoms with Crippen molar-refractivity contribution in [2.24, 2.45) is 14.1 Å². The maximum Gasteiger partial charge on any atom is 0.504 e. The van der Waals surface area contributed by atoms with Crippen molar-refractivity contribution in [1.82, 2.24) is 23.9 Å². The second kappa shape index (κ2) is 9.15. The third kappa shape index (κ3) is 4.50. The van der Waals surface area contributed by atoms with E-state index in [1.807, 2.05) is 30.5 Å². The molecule has 0 atom stereocenters. The summed E-state index contributed by atoms with van der Waals surface area (Å²) < 4.78 is 42.0. The number of pyridine rings is 2. The highest BCUT2D eigenvalue weighted by Crippen LogP contribution is 2.36. The number of hydrogen-bond donors (Lipinski definition) is 1. The molecule has 0 aliphatic carbocycles. The number of nitrogens with one attached hydrogen (secondary N) is 1. The summed E-state index contributed by atoms with van der Waals surface area (Å²) in [6, 6.07) is 11.2. The van der Waals surface area contributed by atoms with Crippen molar-refractivity contribution in [3.05, 3.63) is 87.5 Å². The van der Waals surface area contributed by atoms with E-state index in [1.165, 1.54) is 20.8 Å². The van der Waals surface area contributed by atoms with Gasteiger partial charge in [0.2, 0.25) is 0 Å². The van der Waals surface area contributed by atoms with Crippen LogP contribution in [0.4, 0.5) is 13.2 Å². The van der Waals surface area contributed by atoms with E-state index in [4.69, 9.17) is 0 Å². The van der Waals surface area contributed by atoms with Crippen molar-refractivity contribution in [2.75, 3.05) is 6.26 Å². The van der Waals surface area contributed by atoms with Crippen LogP contribution in [0.2, 0.25) is 0 Å². The first-order valence-electron chi connectivity index (χ1n) is 11.2. The van der Waals surface area contributed by atoms with E-state index in [9.17, 15) is 22.8 Å². The van der Waals surface area contributed by atoms with E-state index < -0.39 is 6.30 Å². The second-order valence-electron chi connectivity index (χ2n) is 8.75. The molecular weight excluding hydrogens is 503 g/mol. The van der Waals surface area contributed by atoms with Gasteiger partial charge in [0.05, 0.1) is 6.20 Å². The van der Waals surface area contributed by atoms with Crippen molar-refractivity contribution >= 4 is 22.7 Å². The molecule has 5 rings (SSSR count). The maximum atomic E-state index is 13.1. The quantitative estimate of drug-likeness (QED) is 0.346. The predicted octanol–water partition coefficient (Wildman–Crippen LogP) is 5.10. The molecule has 4 aromatic heterocycles. The number of nitrogens with zero attached hydrogens (tertiary/aromatic N) is 4. The number of hydrogen-bond acceptors (Lipinski definition) is 4. The summed E-state index contributed by atoms with van der Waals surface area (Å²) in [6.45, 7) is 0. The number of fused-ring (bicyclic) bond motifs is 1. The van der Waals surface area contributed by atoms with Gasteiger partial charge in [-0.1, -0.05) is 24.3 Å². The Morgan fingerprint density at radius 2 is 1.62 bits per heavy atom. The average Bonchev–Trinajstić information content (AvgIpc) is 3.52. The molecule has 0 bridgehead atoms. The Balaban J connectivity index is 1.74. The Morgan fingerprint density at radius 3 is 2.27 bits per heavy atom. The normalized spacial score (nSPS) is 11.9. The molecule has 37 heavy (non-hydrogen) atoms. The van der Waals surface area contributed by atoms with E-state index >= 15 is 0 Å². The molecular formula is C26H22F3N5O2S. The van der Waals surface area contributed by atoms with Crippen LogP contribution in [0, 0.1) is 0 Å². The van der Waals surface area contributed by atoms with E-state index in [-0.39, 0.29) is 26.9 Å². The zero-order valence-corrected chi connectivity index (χ0v) is 20.9. The van der Waals surface area contributed by atoms with Gasteiger partial charge in [-0.2, -0.15) is 21.5 Å². The van der Waals surface area contributed by atoms with Gasteiger partial charge in [-0.3, -0.25) is 9.59 Å². The van der Waals surface area contributed by atoms with Crippen LogP contribution in [-0.2, 0) is 26.1 Å². The second-order valence-corrected chi connectivity index (χ2v) is 9.62. The fourth-order valence-electron chi connectivity index (χ4n) is 4.33. The molecule has 11 heteroatoms. The number of H-pyrrole nitrogens is 1. The summed E-state index contributed by atoms with van der Waals surface area (Å²) >= 11 is 1.72. The van der Waals surface area contributed by atoms with Gasteiger partial charge in [0, 0.05) is 72.3 Å². The number of thioether (sulfide) groups is 1. The molecule has 5 aromatic rings. The smallest absolute Gasteiger partial charge is 0.350 e. The minimum Gasteiger partial charge on any atom is -0.350 e. The number of halogens is 3. The lowest BCUT2D eigenvalue weighted by Gasteiger charge is -2.14. The van der Waals surface area contributed by atoms with Gasteiger partial charge in [0.25, 0.3) is 11.1 Å². The molecule has 1 N–H and O–H groups in total. The van der Waals surface area contributed by atoms with Crippen LogP contribution in [0.25, 0.3) is 44.4 Å². The standard InChI is InChI=1S/C26H22F3N5O2S/c1-32-12-20(16-6-4-15(5-7-16)14-37-3)18(9-23(32)35)21-13-33(2)25(36)24-19(21)8-22(31-24)17-10-30-34(11-17)26(27,28)29/h4-13,31H,14H2,1-3H3. The number of alkyl halides is 3. The van der Waals surface area contributed by atoms with Gasteiger partial charge < -0.3 is 14.1 Å². The monoisotopic (exact) mass is 525 g/mol. The van der Waals surface area contributed by atoms with Crippen LogP contribution in [0.1, 0.15) is 5.56 Å². The van der Waals surface area contributed by atoms with Crippen LogP contribution in [0.15, 0.2) is 70.8 Å². The van der Waals surface area contributed by atoms with Crippen LogP contribution >= 0.6 is 11.8 Å². The number of benzene rings is 1. The predicted molar refractivity (Wildman–Crippen MR) is 139 cm³/mol. The van der Waals surface area contributed by atoms with Crippen LogP contribution in [0.3, 0.4) is 0 Å². The van der Waals surface area contributed by atoms with E-state index in [1.54, 1.807) is 44.3 Å². The van der Waals surface area contributed by atoms with Crippen molar-refractivity contribution in [2.45, 2.75) is 12.1 Å². The van der Waals surface area contributed by atoms with Crippen molar-refractivity contribution < 1.29 is 13.2 Å². The summed E-state index contributed by atoms with van der Waals surface area (Å²) in [6.07, 6.45) is 2.71. The molecule has 190 valence electrons. The largest absolute Gasteiger partial charge is 0.504 e. The topological polar surface area (TPSA) is 77.6 Å². The van der Waals surface area contributed by atoms with Gasteiger partial charge in [-0.25, -0.2) is 0 Å². The molecule has 0 fully saturated rings. The summed E-state index contributed by atoms with van der Waals surface area (Å²) in [5, 5.41) is 3.88. The molecule has 7 nitrogen and oxygen atoms in total. The van der Waals surface area contributed by atoms with E-state index in [0.717, 1.165) is 29.3 Å².